The van der Waals surface area contributed by atoms with Gasteiger partial charge in [-0.25, -0.2) is 4.99 Å². The Kier molecular flexibility index (Phi) is 6.89. The van der Waals surface area contributed by atoms with Crippen molar-refractivity contribution in [3.63, 3.8) is 0 Å². The minimum atomic E-state index is 0. The first-order valence-electron chi connectivity index (χ1n) is 8.00. The van der Waals surface area contributed by atoms with E-state index in [1.807, 2.05) is 6.07 Å². The van der Waals surface area contributed by atoms with Gasteiger partial charge in [-0.3, -0.25) is 0 Å². The fraction of sp³-hybridized carbons (Fsp3) is 0.316. The summed E-state index contributed by atoms with van der Waals surface area (Å²) in [7, 11) is 0. The lowest BCUT2D eigenvalue weighted by Gasteiger charge is -2.30. The summed E-state index contributed by atoms with van der Waals surface area (Å²) in [5, 5.41) is 6.79. The number of halogens is 1. The lowest BCUT2D eigenvalue weighted by Crippen LogP contribution is -2.41. The molecule has 1 aliphatic carbocycles. The molecule has 4 heteroatoms. The highest BCUT2D eigenvalue weighted by Gasteiger charge is 2.25. The second-order valence-electron chi connectivity index (χ2n) is 5.66. The third-order valence-corrected chi connectivity index (χ3v) is 4.08. The molecule has 2 N–H and O–H groups in total. The van der Waals surface area contributed by atoms with Gasteiger partial charge in [0.2, 0.25) is 0 Å². The van der Waals surface area contributed by atoms with Gasteiger partial charge in [0.1, 0.15) is 0 Å². The van der Waals surface area contributed by atoms with Crippen LogP contribution in [0.5, 0.6) is 0 Å². The third kappa shape index (κ3) is 4.70. The topological polar surface area (TPSA) is 36.4 Å². The summed E-state index contributed by atoms with van der Waals surface area (Å²) in [6.45, 7) is 4.62. The van der Waals surface area contributed by atoms with Crippen LogP contribution in [0, 0.1) is 0 Å². The number of fused-ring (bicyclic) bond motifs is 1. The molecule has 1 atom stereocenters. The van der Waals surface area contributed by atoms with Crippen molar-refractivity contribution in [2.75, 3.05) is 13.1 Å². The number of hydrogen-bond acceptors (Lipinski definition) is 1. The maximum absolute atomic E-state index is 4.66. The monoisotopic (exact) mass is 421 g/mol. The molecule has 2 aromatic carbocycles. The molecule has 0 bridgehead atoms. The van der Waals surface area contributed by atoms with E-state index in [1.165, 1.54) is 23.1 Å². The number of nitrogens with one attached hydrogen (secondary N) is 2. The van der Waals surface area contributed by atoms with Crippen LogP contribution >= 0.6 is 24.0 Å². The van der Waals surface area contributed by atoms with Gasteiger partial charge in [-0.2, -0.15) is 0 Å². The van der Waals surface area contributed by atoms with Gasteiger partial charge in [-0.15, -0.1) is 24.0 Å². The molecular formula is C19H24IN3. The highest BCUT2D eigenvalue weighted by molar-refractivity contribution is 14.0. The van der Waals surface area contributed by atoms with Crippen LogP contribution in [0.1, 0.15) is 29.5 Å². The van der Waals surface area contributed by atoms with Crippen LogP contribution in [0.2, 0.25) is 0 Å². The van der Waals surface area contributed by atoms with Crippen molar-refractivity contribution in [2.24, 2.45) is 4.99 Å². The molecule has 23 heavy (non-hydrogen) atoms. The van der Waals surface area contributed by atoms with Gasteiger partial charge in [0, 0.05) is 19.0 Å². The Morgan fingerprint density at radius 2 is 1.78 bits per heavy atom. The van der Waals surface area contributed by atoms with Gasteiger partial charge in [0.25, 0.3) is 0 Å². The second kappa shape index (κ2) is 8.91. The fourth-order valence-electron chi connectivity index (χ4n) is 2.86. The van der Waals surface area contributed by atoms with Crippen molar-refractivity contribution in [3.8, 4) is 0 Å². The molecule has 0 aliphatic heterocycles. The SMILES string of the molecule is CCNC(=NCc1ccccc1)NCC1Cc2ccccc21.I. The van der Waals surface area contributed by atoms with Gasteiger partial charge in [-0.1, -0.05) is 54.6 Å². The Labute approximate surface area is 155 Å². The summed E-state index contributed by atoms with van der Waals surface area (Å²) in [4.78, 5) is 4.66. The zero-order chi connectivity index (χ0) is 15.2. The van der Waals surface area contributed by atoms with E-state index >= 15 is 0 Å². The molecule has 122 valence electrons. The van der Waals surface area contributed by atoms with Gasteiger partial charge >= 0.3 is 0 Å². The Morgan fingerprint density at radius 3 is 2.52 bits per heavy atom. The van der Waals surface area contributed by atoms with Crippen LogP contribution in [0.15, 0.2) is 59.6 Å². The lowest BCUT2D eigenvalue weighted by atomic mass is 9.78. The van der Waals surface area contributed by atoms with Crippen LogP contribution in [-0.4, -0.2) is 19.0 Å². The molecule has 0 amide bonds. The highest BCUT2D eigenvalue weighted by Crippen LogP contribution is 2.33. The molecule has 0 saturated carbocycles. The molecule has 0 fully saturated rings. The van der Waals surface area contributed by atoms with E-state index in [-0.39, 0.29) is 24.0 Å². The molecule has 0 saturated heterocycles. The maximum Gasteiger partial charge on any atom is 0.191 e. The molecule has 2 aromatic rings. The van der Waals surface area contributed by atoms with Crippen molar-refractivity contribution in [1.82, 2.24) is 10.6 Å². The van der Waals surface area contributed by atoms with Crippen molar-refractivity contribution in [2.45, 2.75) is 25.8 Å². The zero-order valence-electron chi connectivity index (χ0n) is 13.5. The van der Waals surface area contributed by atoms with Crippen LogP contribution in [-0.2, 0) is 13.0 Å². The Hall–Kier alpha value is -1.56. The van der Waals surface area contributed by atoms with Crippen molar-refractivity contribution >= 4 is 29.9 Å². The predicted octanol–water partition coefficient (Wildman–Crippen LogP) is 3.70. The molecule has 3 rings (SSSR count). The van der Waals surface area contributed by atoms with E-state index in [4.69, 9.17) is 0 Å². The smallest absolute Gasteiger partial charge is 0.191 e. The van der Waals surface area contributed by atoms with Crippen LogP contribution in [0.4, 0.5) is 0 Å². The summed E-state index contributed by atoms with van der Waals surface area (Å²) in [5.41, 5.74) is 4.20. The number of benzene rings is 2. The maximum atomic E-state index is 4.66. The Morgan fingerprint density at radius 1 is 1.04 bits per heavy atom. The summed E-state index contributed by atoms with van der Waals surface area (Å²) in [5.74, 6) is 1.51. The van der Waals surface area contributed by atoms with Gasteiger partial charge in [0.05, 0.1) is 6.54 Å². The molecule has 0 aromatic heterocycles. The third-order valence-electron chi connectivity index (χ3n) is 4.08. The predicted molar refractivity (Wildman–Crippen MR) is 108 cm³/mol. The number of aliphatic imine (C=N–C) groups is 1. The molecule has 3 nitrogen and oxygen atoms in total. The molecule has 0 heterocycles. The van der Waals surface area contributed by atoms with Crippen LogP contribution < -0.4 is 10.6 Å². The summed E-state index contributed by atoms with van der Waals surface area (Å²) in [6, 6.07) is 19.1. The van der Waals surface area contributed by atoms with Crippen molar-refractivity contribution in [1.29, 1.82) is 0 Å². The summed E-state index contributed by atoms with van der Waals surface area (Å²) in [6.07, 6.45) is 1.17. The molecule has 0 spiro atoms. The molecular weight excluding hydrogens is 397 g/mol. The zero-order valence-corrected chi connectivity index (χ0v) is 15.8. The molecule has 1 aliphatic rings. The lowest BCUT2D eigenvalue weighted by molar-refractivity contribution is 0.584. The quantitative estimate of drug-likeness (QED) is 0.439. The van der Waals surface area contributed by atoms with E-state index < -0.39 is 0 Å². The first-order valence-corrected chi connectivity index (χ1v) is 8.00. The van der Waals surface area contributed by atoms with E-state index in [9.17, 15) is 0 Å². The number of guanidine groups is 1. The Balaban J connectivity index is 0.00000192. The Bertz CT molecular complexity index is 640. The minimum absolute atomic E-state index is 0. The van der Waals surface area contributed by atoms with Crippen molar-refractivity contribution < 1.29 is 0 Å². The van der Waals surface area contributed by atoms with E-state index in [0.29, 0.717) is 12.5 Å². The minimum Gasteiger partial charge on any atom is -0.357 e. The first kappa shape index (κ1) is 17.8. The summed E-state index contributed by atoms with van der Waals surface area (Å²) >= 11 is 0. The van der Waals surface area contributed by atoms with E-state index in [0.717, 1.165) is 19.0 Å². The number of hydrogen-bond donors (Lipinski definition) is 2. The largest absolute Gasteiger partial charge is 0.357 e. The molecule has 0 radical (unpaired) electrons. The first-order chi connectivity index (χ1) is 10.9. The standard InChI is InChI=1S/C19H23N3.HI/c1-2-20-19(21-13-15-8-4-3-5-9-15)22-14-17-12-16-10-6-7-11-18(16)17;/h3-11,17H,2,12-14H2,1H3,(H2,20,21,22);1H. The fourth-order valence-corrected chi connectivity index (χ4v) is 2.86. The number of nitrogens with zero attached hydrogens (tertiary/aromatic N) is 1. The second-order valence-corrected chi connectivity index (χ2v) is 5.66. The van der Waals surface area contributed by atoms with E-state index in [2.05, 4.69) is 71.1 Å². The average molecular weight is 421 g/mol. The van der Waals surface area contributed by atoms with Gasteiger partial charge < -0.3 is 10.6 Å². The average Bonchev–Trinajstić information content (AvgIpc) is 2.54. The van der Waals surface area contributed by atoms with Gasteiger partial charge in [-0.05, 0) is 30.0 Å². The van der Waals surface area contributed by atoms with E-state index in [1.54, 1.807) is 0 Å². The van der Waals surface area contributed by atoms with Gasteiger partial charge in [0.15, 0.2) is 5.96 Å². The van der Waals surface area contributed by atoms with Crippen LogP contribution in [0.3, 0.4) is 0 Å². The molecule has 1 unspecified atom stereocenters. The number of rotatable bonds is 5. The van der Waals surface area contributed by atoms with Crippen molar-refractivity contribution in [3.05, 3.63) is 71.3 Å². The highest BCUT2D eigenvalue weighted by atomic mass is 127. The normalized spacial score (nSPS) is 15.9. The summed E-state index contributed by atoms with van der Waals surface area (Å²) < 4.78 is 0. The van der Waals surface area contributed by atoms with Crippen LogP contribution in [0.25, 0.3) is 0 Å².